The molecule has 2 aromatic carbocycles. The van der Waals surface area contributed by atoms with Crippen molar-refractivity contribution < 1.29 is 37.0 Å². The molecule has 148 valence electrons. The second-order valence-electron chi connectivity index (χ2n) is 5.38. The molecular weight excluding hydrogens is 381 g/mol. The van der Waals surface area contributed by atoms with E-state index in [4.69, 9.17) is 9.47 Å². The molecule has 0 radical (unpaired) electrons. The maximum Gasteiger partial charge on any atom is 0.338 e. The predicted octanol–water partition coefficient (Wildman–Crippen LogP) is 2.02. The van der Waals surface area contributed by atoms with Crippen molar-refractivity contribution in [3.05, 3.63) is 59.4 Å². The molecule has 2 rings (SSSR count). The number of rotatable bonds is 7. The van der Waals surface area contributed by atoms with Crippen LogP contribution in [0.2, 0.25) is 0 Å². The fourth-order valence-electron chi connectivity index (χ4n) is 2.02. The lowest BCUT2D eigenvalue weighted by molar-refractivity contribution is -0.126. The number of carbonyl (C=O) groups is 3. The Morgan fingerprint density at radius 1 is 0.929 bits per heavy atom. The van der Waals surface area contributed by atoms with Gasteiger partial charge >= 0.3 is 5.97 Å². The van der Waals surface area contributed by atoms with E-state index >= 15 is 0 Å². The van der Waals surface area contributed by atoms with Crippen LogP contribution in [-0.4, -0.2) is 38.0 Å². The van der Waals surface area contributed by atoms with Gasteiger partial charge in [-0.25, -0.2) is 18.0 Å². The zero-order valence-corrected chi connectivity index (χ0v) is 14.6. The highest BCUT2D eigenvalue weighted by Gasteiger charge is 2.14. The van der Waals surface area contributed by atoms with Crippen molar-refractivity contribution in [2.24, 2.45) is 0 Å². The van der Waals surface area contributed by atoms with E-state index in [9.17, 15) is 27.6 Å². The number of ether oxygens (including phenoxy) is 2. The zero-order chi connectivity index (χ0) is 20.7. The summed E-state index contributed by atoms with van der Waals surface area (Å²) < 4.78 is 48.8. The smallest absolute Gasteiger partial charge is 0.338 e. The molecule has 0 atom stereocenters. The highest BCUT2D eigenvalue weighted by atomic mass is 19.2. The van der Waals surface area contributed by atoms with Gasteiger partial charge in [0.1, 0.15) is 0 Å². The van der Waals surface area contributed by atoms with Gasteiger partial charge in [0, 0.05) is 11.8 Å². The number of halogens is 3. The molecule has 10 heteroatoms. The lowest BCUT2D eigenvalue weighted by Gasteiger charge is -2.08. The first kappa shape index (κ1) is 20.7. The first-order valence-electron chi connectivity index (χ1n) is 7.82. The Balaban J connectivity index is 1.77. The lowest BCUT2D eigenvalue weighted by Crippen LogP contribution is -2.35. The Hall–Kier alpha value is -3.56. The normalized spacial score (nSPS) is 10.1. The van der Waals surface area contributed by atoms with Crippen molar-refractivity contribution in [1.29, 1.82) is 0 Å². The number of hydrogen-bond donors (Lipinski definition) is 2. The number of esters is 1. The summed E-state index contributed by atoms with van der Waals surface area (Å²) in [6.07, 6.45) is 0. The minimum atomic E-state index is -1.14. The summed E-state index contributed by atoms with van der Waals surface area (Å²) in [7, 11) is 1.27. The first-order chi connectivity index (χ1) is 13.3. The van der Waals surface area contributed by atoms with E-state index in [1.54, 1.807) is 0 Å². The summed E-state index contributed by atoms with van der Waals surface area (Å²) in [6.45, 7) is -1.20. The van der Waals surface area contributed by atoms with Crippen LogP contribution in [0.1, 0.15) is 10.4 Å². The van der Waals surface area contributed by atoms with Gasteiger partial charge in [0.05, 0.1) is 19.2 Å². The lowest BCUT2D eigenvalue weighted by atomic mass is 10.2. The molecule has 0 heterocycles. The summed E-state index contributed by atoms with van der Waals surface area (Å²) in [5.41, 5.74) is -0.117. The van der Waals surface area contributed by atoms with Crippen molar-refractivity contribution >= 4 is 23.5 Å². The summed E-state index contributed by atoms with van der Waals surface area (Å²) in [4.78, 5) is 35.1. The van der Waals surface area contributed by atoms with Crippen LogP contribution < -0.4 is 15.4 Å². The minimum Gasteiger partial charge on any atom is -0.494 e. The zero-order valence-electron chi connectivity index (χ0n) is 14.6. The predicted molar refractivity (Wildman–Crippen MR) is 91.2 cm³/mol. The molecule has 0 bridgehead atoms. The maximum absolute atomic E-state index is 13.5. The third kappa shape index (κ3) is 5.73. The highest BCUT2D eigenvalue weighted by Crippen LogP contribution is 2.18. The molecule has 0 fully saturated rings. The van der Waals surface area contributed by atoms with Crippen molar-refractivity contribution in [2.45, 2.75) is 0 Å². The molecule has 2 amide bonds. The molecular formula is C18H15F3N2O5. The second kappa shape index (κ2) is 9.40. The summed E-state index contributed by atoms with van der Waals surface area (Å²) in [5.74, 6) is -5.46. The summed E-state index contributed by atoms with van der Waals surface area (Å²) >= 11 is 0. The molecule has 0 saturated heterocycles. The van der Waals surface area contributed by atoms with E-state index in [0.717, 1.165) is 24.3 Å². The molecule has 0 unspecified atom stereocenters. The minimum absolute atomic E-state index is 0.00566. The molecule has 0 spiro atoms. The second-order valence-corrected chi connectivity index (χ2v) is 5.38. The maximum atomic E-state index is 13.5. The Kier molecular flexibility index (Phi) is 6.96. The van der Waals surface area contributed by atoms with E-state index in [1.807, 2.05) is 0 Å². The quantitative estimate of drug-likeness (QED) is 0.699. The third-order valence-corrected chi connectivity index (χ3v) is 3.37. The van der Waals surface area contributed by atoms with Gasteiger partial charge in [0.2, 0.25) is 5.91 Å². The van der Waals surface area contributed by atoms with Gasteiger partial charge in [-0.3, -0.25) is 9.59 Å². The summed E-state index contributed by atoms with van der Waals surface area (Å²) in [6, 6.07) is 6.16. The first-order valence-corrected chi connectivity index (χ1v) is 7.82. The molecule has 28 heavy (non-hydrogen) atoms. The van der Waals surface area contributed by atoms with Crippen LogP contribution >= 0.6 is 0 Å². The van der Waals surface area contributed by atoms with Crippen molar-refractivity contribution in [1.82, 2.24) is 5.32 Å². The van der Waals surface area contributed by atoms with Gasteiger partial charge in [-0.2, -0.15) is 0 Å². The molecule has 0 aliphatic rings. The molecule has 0 aromatic heterocycles. The number of amides is 2. The van der Waals surface area contributed by atoms with Crippen molar-refractivity contribution in [3.8, 4) is 5.75 Å². The molecule has 0 saturated carbocycles. The number of anilines is 1. The summed E-state index contributed by atoms with van der Waals surface area (Å²) in [5, 5.41) is 4.43. The van der Waals surface area contributed by atoms with Crippen LogP contribution in [0.15, 0.2) is 36.4 Å². The molecule has 0 aliphatic carbocycles. The standard InChI is InChI=1S/C18H15F3N2O5/c1-27-15-5-2-10(6-14(15)21)18(26)28-9-17(25)22-8-16(24)23-11-3-4-12(19)13(20)7-11/h2-7H,8-9H2,1H3,(H,22,25)(H,23,24). The van der Waals surface area contributed by atoms with E-state index in [-0.39, 0.29) is 17.0 Å². The Morgan fingerprint density at radius 3 is 2.32 bits per heavy atom. The van der Waals surface area contributed by atoms with Crippen LogP contribution in [0.25, 0.3) is 0 Å². The molecule has 2 N–H and O–H groups in total. The molecule has 0 aliphatic heterocycles. The van der Waals surface area contributed by atoms with Gasteiger partial charge in [-0.05, 0) is 30.3 Å². The number of nitrogens with one attached hydrogen (secondary N) is 2. The third-order valence-electron chi connectivity index (χ3n) is 3.37. The van der Waals surface area contributed by atoms with Gasteiger partial charge < -0.3 is 20.1 Å². The SMILES string of the molecule is COc1ccc(C(=O)OCC(=O)NCC(=O)Nc2ccc(F)c(F)c2)cc1F. The van der Waals surface area contributed by atoms with E-state index in [0.29, 0.717) is 0 Å². The average Bonchev–Trinajstić information content (AvgIpc) is 2.67. The fourth-order valence-corrected chi connectivity index (χ4v) is 2.02. The van der Waals surface area contributed by atoms with E-state index in [2.05, 4.69) is 10.6 Å². The van der Waals surface area contributed by atoms with Crippen LogP contribution in [0.5, 0.6) is 5.75 Å². The number of benzene rings is 2. The highest BCUT2D eigenvalue weighted by molar-refractivity contribution is 5.95. The monoisotopic (exact) mass is 396 g/mol. The van der Waals surface area contributed by atoms with Gasteiger partial charge in [-0.15, -0.1) is 0 Å². The van der Waals surface area contributed by atoms with E-state index < -0.39 is 48.4 Å². The van der Waals surface area contributed by atoms with Crippen molar-refractivity contribution in [2.75, 3.05) is 25.6 Å². The molecule has 2 aromatic rings. The number of methoxy groups -OCH3 is 1. The average molecular weight is 396 g/mol. The van der Waals surface area contributed by atoms with Gasteiger partial charge in [-0.1, -0.05) is 0 Å². The van der Waals surface area contributed by atoms with Gasteiger partial charge in [0.15, 0.2) is 29.8 Å². The largest absolute Gasteiger partial charge is 0.494 e. The van der Waals surface area contributed by atoms with Crippen molar-refractivity contribution in [3.63, 3.8) is 0 Å². The fraction of sp³-hybridized carbons (Fsp3) is 0.167. The Bertz CT molecular complexity index is 905. The number of carbonyl (C=O) groups excluding carboxylic acids is 3. The molecule has 7 nitrogen and oxygen atoms in total. The number of hydrogen-bond acceptors (Lipinski definition) is 5. The Morgan fingerprint density at radius 2 is 1.68 bits per heavy atom. The van der Waals surface area contributed by atoms with Crippen LogP contribution in [0.4, 0.5) is 18.9 Å². The van der Waals surface area contributed by atoms with Gasteiger partial charge in [0.25, 0.3) is 5.91 Å². The van der Waals surface area contributed by atoms with E-state index in [1.165, 1.54) is 19.2 Å². The van der Waals surface area contributed by atoms with Crippen LogP contribution in [-0.2, 0) is 14.3 Å². The topological polar surface area (TPSA) is 93.7 Å². The van der Waals surface area contributed by atoms with Crippen LogP contribution in [0, 0.1) is 17.5 Å². The Labute approximate surface area is 157 Å². The van der Waals surface area contributed by atoms with Crippen LogP contribution in [0.3, 0.4) is 0 Å².